The van der Waals surface area contributed by atoms with E-state index in [1.807, 2.05) is 47.1 Å². The Labute approximate surface area is 236 Å². The minimum absolute atomic E-state index is 0.0425. The van der Waals surface area contributed by atoms with Crippen LogP contribution in [0.3, 0.4) is 0 Å². The second-order valence-corrected chi connectivity index (χ2v) is 11.5. The topological polar surface area (TPSA) is 136 Å². The zero-order chi connectivity index (χ0) is 28.0. The minimum Gasteiger partial charge on any atom is -0.481 e. The molecule has 4 N–H and O–H groups in total. The molecule has 1 saturated carbocycles. The van der Waals surface area contributed by atoms with Gasteiger partial charge in [-0.05, 0) is 61.4 Å². The number of rotatable bonds is 7. The number of carbonyl (C=O) groups excluding carboxylic acids is 1. The SMILES string of the molecule is C[C@]1(c2ccc(CCC(=O)O)cc2)C(=O)Nc2nc(-c3nn(CC4CCCCC4)c4cc(Cl)ccc34)nc(N)c21. The van der Waals surface area contributed by atoms with Crippen LogP contribution in [0.15, 0.2) is 42.5 Å². The van der Waals surface area contributed by atoms with Gasteiger partial charge in [0.25, 0.3) is 0 Å². The van der Waals surface area contributed by atoms with E-state index in [1.165, 1.54) is 32.1 Å². The standard InChI is InChI=1S/C30H31ClN6O3/c1-30(19-10-7-17(8-11-19)9-14-23(38)39)24-26(32)33-28(34-27(24)35-29(30)40)25-21-13-12-20(31)15-22(21)37(36-25)16-18-5-3-2-4-6-18/h7-8,10-13,15,18H,2-6,9,14,16H2,1H3,(H,38,39)(H3,32,33,34,35,40)/t30-/m1/s1. The first-order valence-corrected chi connectivity index (χ1v) is 14.1. The van der Waals surface area contributed by atoms with E-state index in [4.69, 9.17) is 32.5 Å². The summed E-state index contributed by atoms with van der Waals surface area (Å²) in [6.45, 7) is 2.60. The highest BCUT2D eigenvalue weighted by atomic mass is 35.5. The van der Waals surface area contributed by atoms with Gasteiger partial charge in [0.2, 0.25) is 5.91 Å². The van der Waals surface area contributed by atoms with Gasteiger partial charge in [-0.15, -0.1) is 0 Å². The van der Waals surface area contributed by atoms with E-state index in [-0.39, 0.29) is 18.1 Å². The number of carbonyl (C=O) groups is 2. The Kier molecular flexibility index (Phi) is 6.70. The number of benzene rings is 2. The molecule has 0 unspecified atom stereocenters. The molecule has 2 aromatic carbocycles. The van der Waals surface area contributed by atoms with Gasteiger partial charge in [0.15, 0.2) is 5.82 Å². The molecule has 4 aromatic rings. The summed E-state index contributed by atoms with van der Waals surface area (Å²) in [5, 5.41) is 18.3. The van der Waals surface area contributed by atoms with Crippen LogP contribution in [0.1, 0.15) is 62.1 Å². The lowest BCUT2D eigenvalue weighted by Crippen LogP contribution is -2.33. The number of fused-ring (bicyclic) bond motifs is 2. The van der Waals surface area contributed by atoms with Crippen molar-refractivity contribution in [2.24, 2.45) is 5.92 Å². The van der Waals surface area contributed by atoms with Crippen molar-refractivity contribution in [3.05, 3.63) is 64.2 Å². The third-order valence-electron chi connectivity index (χ3n) is 8.36. The monoisotopic (exact) mass is 558 g/mol. The van der Waals surface area contributed by atoms with Crippen LogP contribution < -0.4 is 11.1 Å². The fraction of sp³-hybridized carbons (Fsp3) is 0.367. The fourth-order valence-corrected chi connectivity index (χ4v) is 6.28. The van der Waals surface area contributed by atoms with Crippen molar-refractivity contribution >= 4 is 46.0 Å². The van der Waals surface area contributed by atoms with Crippen molar-refractivity contribution in [3.8, 4) is 11.5 Å². The van der Waals surface area contributed by atoms with Gasteiger partial charge in [0, 0.05) is 23.4 Å². The zero-order valence-electron chi connectivity index (χ0n) is 22.3. The van der Waals surface area contributed by atoms with Gasteiger partial charge < -0.3 is 16.2 Å². The first-order valence-electron chi connectivity index (χ1n) is 13.7. The van der Waals surface area contributed by atoms with Gasteiger partial charge in [-0.25, -0.2) is 9.97 Å². The molecule has 40 heavy (non-hydrogen) atoms. The smallest absolute Gasteiger partial charge is 0.303 e. The molecule has 1 amide bonds. The minimum atomic E-state index is -1.10. The number of carboxylic acid groups (broad SMARTS) is 1. The molecule has 0 spiro atoms. The Hall–Kier alpha value is -3.98. The lowest BCUT2D eigenvalue weighted by Gasteiger charge is -2.23. The van der Waals surface area contributed by atoms with Crippen molar-refractivity contribution in [3.63, 3.8) is 0 Å². The summed E-state index contributed by atoms with van der Waals surface area (Å²) in [7, 11) is 0. The largest absolute Gasteiger partial charge is 0.481 e. The summed E-state index contributed by atoms with van der Waals surface area (Å²) < 4.78 is 2.01. The van der Waals surface area contributed by atoms with Crippen LogP contribution in [0, 0.1) is 5.92 Å². The lowest BCUT2D eigenvalue weighted by molar-refractivity contribution is -0.137. The molecular formula is C30H31ClN6O3. The number of carboxylic acids is 1. The van der Waals surface area contributed by atoms with E-state index >= 15 is 0 Å². The summed E-state index contributed by atoms with van der Waals surface area (Å²) in [5.41, 5.74) is 9.11. The average molecular weight is 559 g/mol. The summed E-state index contributed by atoms with van der Waals surface area (Å²) in [4.78, 5) is 33.7. The van der Waals surface area contributed by atoms with Crippen molar-refractivity contribution < 1.29 is 14.7 Å². The van der Waals surface area contributed by atoms with Gasteiger partial charge in [0.1, 0.15) is 22.7 Å². The highest BCUT2D eigenvalue weighted by Gasteiger charge is 2.47. The number of hydrogen-bond acceptors (Lipinski definition) is 6. The van der Waals surface area contributed by atoms with Crippen molar-refractivity contribution in [2.75, 3.05) is 11.1 Å². The molecule has 0 saturated heterocycles. The summed E-state index contributed by atoms with van der Waals surface area (Å²) in [6, 6.07) is 13.0. The maximum atomic E-state index is 13.4. The molecule has 1 aliphatic carbocycles. The van der Waals surface area contributed by atoms with E-state index in [1.54, 1.807) is 6.92 Å². The van der Waals surface area contributed by atoms with Crippen LogP contribution in [0.2, 0.25) is 5.02 Å². The van der Waals surface area contributed by atoms with E-state index in [0.717, 1.165) is 28.6 Å². The molecule has 0 bridgehead atoms. The highest BCUT2D eigenvalue weighted by molar-refractivity contribution is 6.31. The molecular weight excluding hydrogens is 528 g/mol. The Bertz CT molecular complexity index is 1630. The highest BCUT2D eigenvalue weighted by Crippen LogP contribution is 2.45. The summed E-state index contributed by atoms with van der Waals surface area (Å²) in [6.07, 6.45) is 6.60. The van der Waals surface area contributed by atoms with Gasteiger partial charge in [0.05, 0.1) is 11.1 Å². The van der Waals surface area contributed by atoms with Crippen molar-refractivity contribution in [2.45, 2.75) is 63.8 Å². The Morgan fingerprint density at radius 1 is 1.15 bits per heavy atom. The van der Waals surface area contributed by atoms with Crippen LogP contribution >= 0.6 is 11.6 Å². The lowest BCUT2D eigenvalue weighted by atomic mass is 9.77. The number of nitrogen functional groups attached to an aromatic ring is 1. The van der Waals surface area contributed by atoms with Gasteiger partial charge in [-0.2, -0.15) is 5.10 Å². The molecule has 3 heterocycles. The van der Waals surface area contributed by atoms with Gasteiger partial charge >= 0.3 is 5.97 Å². The van der Waals surface area contributed by atoms with Gasteiger partial charge in [-0.3, -0.25) is 14.3 Å². The quantitative estimate of drug-likeness (QED) is 0.269. The number of aliphatic carboxylic acids is 1. The normalized spacial score (nSPS) is 19.1. The van der Waals surface area contributed by atoms with E-state index in [9.17, 15) is 9.59 Å². The van der Waals surface area contributed by atoms with Crippen LogP contribution in [0.5, 0.6) is 0 Å². The number of nitrogens with zero attached hydrogens (tertiary/aromatic N) is 4. The van der Waals surface area contributed by atoms with Crippen LogP contribution in [0.25, 0.3) is 22.4 Å². The number of nitrogens with two attached hydrogens (primary N) is 1. The maximum Gasteiger partial charge on any atom is 0.303 e. The number of halogens is 1. The second-order valence-electron chi connectivity index (χ2n) is 11.0. The molecule has 10 heteroatoms. The van der Waals surface area contributed by atoms with Crippen LogP contribution in [-0.2, 0) is 28.0 Å². The van der Waals surface area contributed by atoms with Crippen LogP contribution in [0.4, 0.5) is 11.6 Å². The Morgan fingerprint density at radius 2 is 1.90 bits per heavy atom. The Balaban J connectivity index is 1.38. The zero-order valence-corrected chi connectivity index (χ0v) is 23.0. The molecule has 1 fully saturated rings. The molecule has 206 valence electrons. The van der Waals surface area contributed by atoms with E-state index in [2.05, 4.69) is 10.3 Å². The average Bonchev–Trinajstić information content (AvgIpc) is 3.42. The number of anilines is 2. The predicted molar refractivity (Wildman–Crippen MR) is 154 cm³/mol. The third-order valence-corrected chi connectivity index (χ3v) is 8.60. The first kappa shape index (κ1) is 26.3. The molecule has 9 nitrogen and oxygen atoms in total. The molecule has 2 aromatic heterocycles. The molecule has 1 atom stereocenters. The van der Waals surface area contributed by atoms with E-state index < -0.39 is 11.4 Å². The number of aromatic nitrogens is 4. The van der Waals surface area contributed by atoms with Crippen molar-refractivity contribution in [1.82, 2.24) is 19.7 Å². The molecule has 2 aliphatic rings. The van der Waals surface area contributed by atoms with E-state index in [0.29, 0.717) is 40.3 Å². The summed E-state index contributed by atoms with van der Waals surface area (Å²) in [5.74, 6) is 0.382. The molecule has 6 rings (SSSR count). The second kappa shape index (κ2) is 10.2. The third kappa shape index (κ3) is 4.58. The van der Waals surface area contributed by atoms with Crippen molar-refractivity contribution in [1.29, 1.82) is 0 Å². The fourth-order valence-electron chi connectivity index (χ4n) is 6.11. The predicted octanol–water partition coefficient (Wildman–Crippen LogP) is 5.58. The molecule has 1 aliphatic heterocycles. The van der Waals surface area contributed by atoms with Crippen LogP contribution in [-0.4, -0.2) is 36.7 Å². The van der Waals surface area contributed by atoms with Gasteiger partial charge in [-0.1, -0.05) is 55.1 Å². The summed E-state index contributed by atoms with van der Waals surface area (Å²) >= 11 is 6.37. The Morgan fingerprint density at radius 3 is 2.62 bits per heavy atom. The number of nitrogens with one attached hydrogen (secondary N) is 1. The maximum absolute atomic E-state index is 13.4. The first-order chi connectivity index (χ1) is 19.2. The number of hydrogen-bond donors (Lipinski definition) is 3. The number of amides is 1. The number of aryl methyl sites for hydroxylation is 1. The molecule has 0 radical (unpaired) electrons.